The third-order valence-electron chi connectivity index (χ3n) is 5.01. The number of anilines is 1. The molecule has 3 amide bonds. The van der Waals surface area contributed by atoms with E-state index in [1.165, 1.54) is 12.1 Å². The molecule has 1 aliphatic heterocycles. The molecule has 186 valence electrons. The molecule has 0 atom stereocenters. The van der Waals surface area contributed by atoms with Gasteiger partial charge < -0.3 is 10.1 Å². The van der Waals surface area contributed by atoms with Gasteiger partial charge in [-0.1, -0.05) is 36.4 Å². The maximum atomic E-state index is 12.9. The first-order valence-corrected chi connectivity index (χ1v) is 11.3. The first kappa shape index (κ1) is 25.1. The summed E-state index contributed by atoms with van der Waals surface area (Å²) in [7, 11) is 0. The van der Waals surface area contributed by atoms with Crippen molar-refractivity contribution in [3.8, 4) is 11.5 Å². The number of nitro benzene ring substituents is 2. The largest absolute Gasteiger partial charge is 0.449 e. The van der Waals surface area contributed by atoms with E-state index in [1.807, 2.05) is 0 Å². The second kappa shape index (κ2) is 10.7. The number of rotatable bonds is 8. The summed E-state index contributed by atoms with van der Waals surface area (Å²) in [6.07, 6.45) is 1.37. The van der Waals surface area contributed by atoms with Gasteiger partial charge in [-0.05, 0) is 42.1 Å². The number of hydrogen-bond acceptors (Lipinski definition) is 9. The van der Waals surface area contributed by atoms with Crippen molar-refractivity contribution in [1.82, 2.24) is 4.90 Å². The molecule has 1 N–H and O–H groups in total. The number of hydrogen-bond donors (Lipinski definition) is 1. The number of imide groups is 1. The molecule has 4 rings (SSSR count). The maximum absolute atomic E-state index is 12.9. The monoisotopic (exact) mass is 520 g/mol. The molecule has 0 aromatic heterocycles. The van der Waals surface area contributed by atoms with E-state index in [0.717, 1.165) is 23.1 Å². The van der Waals surface area contributed by atoms with Crippen LogP contribution in [0.4, 0.5) is 21.9 Å². The van der Waals surface area contributed by atoms with Gasteiger partial charge in [0.1, 0.15) is 12.3 Å². The van der Waals surface area contributed by atoms with Crippen LogP contribution >= 0.6 is 11.8 Å². The van der Waals surface area contributed by atoms with Gasteiger partial charge in [0.05, 0.1) is 20.8 Å². The average Bonchev–Trinajstić information content (AvgIpc) is 3.13. The van der Waals surface area contributed by atoms with Crippen LogP contribution in [0.15, 0.2) is 77.7 Å². The molecule has 1 saturated heterocycles. The number of thioether (sulfide) groups is 1. The summed E-state index contributed by atoms with van der Waals surface area (Å²) in [4.78, 5) is 59.3. The predicted octanol–water partition coefficient (Wildman–Crippen LogP) is 4.97. The Morgan fingerprint density at radius 1 is 0.946 bits per heavy atom. The summed E-state index contributed by atoms with van der Waals surface area (Å²) in [5, 5.41) is 24.4. The summed E-state index contributed by atoms with van der Waals surface area (Å²) < 4.78 is 5.67. The highest BCUT2D eigenvalue weighted by molar-refractivity contribution is 8.18. The van der Waals surface area contributed by atoms with E-state index in [4.69, 9.17) is 4.74 Å². The van der Waals surface area contributed by atoms with Crippen LogP contribution in [0.3, 0.4) is 0 Å². The molecule has 0 aliphatic carbocycles. The zero-order chi connectivity index (χ0) is 26.5. The lowest BCUT2D eigenvalue weighted by molar-refractivity contribution is -0.394. The highest BCUT2D eigenvalue weighted by Gasteiger charge is 2.36. The van der Waals surface area contributed by atoms with Crippen LogP contribution in [0.25, 0.3) is 6.08 Å². The van der Waals surface area contributed by atoms with E-state index >= 15 is 0 Å². The number of para-hydroxylation sites is 2. The molecule has 37 heavy (non-hydrogen) atoms. The van der Waals surface area contributed by atoms with Crippen molar-refractivity contribution < 1.29 is 29.0 Å². The molecule has 0 saturated carbocycles. The highest BCUT2D eigenvalue weighted by atomic mass is 32.2. The Hall–Kier alpha value is -5.04. The van der Waals surface area contributed by atoms with Crippen molar-refractivity contribution in [2.24, 2.45) is 0 Å². The van der Waals surface area contributed by atoms with Crippen LogP contribution in [0.1, 0.15) is 5.56 Å². The second-order valence-corrected chi connectivity index (χ2v) is 8.48. The van der Waals surface area contributed by atoms with Crippen molar-refractivity contribution in [2.75, 3.05) is 11.9 Å². The summed E-state index contributed by atoms with van der Waals surface area (Å²) in [6.45, 7) is -0.482. The number of carbonyl (C=O) groups excluding carboxylic acids is 3. The second-order valence-electron chi connectivity index (χ2n) is 7.49. The van der Waals surface area contributed by atoms with Crippen LogP contribution in [0.2, 0.25) is 0 Å². The Kier molecular flexibility index (Phi) is 7.25. The lowest BCUT2D eigenvalue weighted by atomic mass is 10.1. The van der Waals surface area contributed by atoms with Crippen LogP contribution in [0.5, 0.6) is 11.5 Å². The number of nitro groups is 2. The number of amides is 3. The van der Waals surface area contributed by atoms with Crippen molar-refractivity contribution in [3.05, 3.63) is 103 Å². The molecule has 3 aromatic carbocycles. The molecule has 0 spiro atoms. The van der Waals surface area contributed by atoms with Crippen molar-refractivity contribution in [3.63, 3.8) is 0 Å². The topological polar surface area (TPSA) is 162 Å². The zero-order valence-electron chi connectivity index (χ0n) is 18.7. The standard InChI is InChI=1S/C24H16N4O8S/c29-22(25-16-7-2-1-3-8-16)14-26-23(30)21(37-24(26)31)12-15-6-4-5-9-19(15)36-20-11-10-17(27(32)33)13-18(20)28(34)35/h1-13H,14H2,(H,25,29)/b21-12-. The lowest BCUT2D eigenvalue weighted by Crippen LogP contribution is -2.36. The van der Waals surface area contributed by atoms with Gasteiger partial charge in [0.15, 0.2) is 0 Å². The third-order valence-corrected chi connectivity index (χ3v) is 5.92. The van der Waals surface area contributed by atoms with E-state index in [2.05, 4.69) is 5.32 Å². The third kappa shape index (κ3) is 5.79. The van der Waals surface area contributed by atoms with Gasteiger partial charge >= 0.3 is 5.69 Å². The van der Waals surface area contributed by atoms with E-state index in [-0.39, 0.29) is 16.4 Å². The quantitative estimate of drug-likeness (QED) is 0.245. The van der Waals surface area contributed by atoms with Crippen molar-refractivity contribution in [1.29, 1.82) is 0 Å². The van der Waals surface area contributed by atoms with Gasteiger partial charge in [-0.2, -0.15) is 0 Å². The maximum Gasteiger partial charge on any atom is 0.318 e. The van der Waals surface area contributed by atoms with E-state index in [1.54, 1.807) is 48.5 Å². The Morgan fingerprint density at radius 3 is 2.35 bits per heavy atom. The van der Waals surface area contributed by atoms with E-state index in [9.17, 15) is 34.6 Å². The number of nitrogens with zero attached hydrogens (tertiary/aromatic N) is 3. The minimum absolute atomic E-state index is 0.0201. The summed E-state index contributed by atoms with van der Waals surface area (Å²) in [5.41, 5.74) is -0.262. The summed E-state index contributed by atoms with van der Waals surface area (Å²) in [5.74, 6) is -1.38. The first-order chi connectivity index (χ1) is 17.7. The Bertz CT molecular complexity index is 1460. The minimum Gasteiger partial charge on any atom is -0.449 e. The molecule has 1 heterocycles. The van der Waals surface area contributed by atoms with Crippen LogP contribution in [-0.2, 0) is 9.59 Å². The molecule has 13 heteroatoms. The van der Waals surface area contributed by atoms with Gasteiger partial charge in [-0.3, -0.25) is 39.5 Å². The molecule has 0 unspecified atom stereocenters. The molecule has 3 aromatic rings. The normalized spacial score (nSPS) is 14.1. The minimum atomic E-state index is -0.809. The van der Waals surface area contributed by atoms with Crippen molar-refractivity contribution in [2.45, 2.75) is 0 Å². The number of nitrogens with one attached hydrogen (secondary N) is 1. The molecule has 12 nitrogen and oxygen atoms in total. The van der Waals surface area contributed by atoms with Crippen molar-refractivity contribution >= 4 is 52.0 Å². The fourth-order valence-corrected chi connectivity index (χ4v) is 4.13. The zero-order valence-corrected chi connectivity index (χ0v) is 19.5. The number of ether oxygens (including phenoxy) is 1. The summed E-state index contributed by atoms with van der Waals surface area (Å²) >= 11 is 0.633. The van der Waals surface area contributed by atoms with Gasteiger partial charge in [-0.25, -0.2) is 0 Å². The lowest BCUT2D eigenvalue weighted by Gasteiger charge is -2.12. The number of benzene rings is 3. The SMILES string of the molecule is O=C(CN1C(=O)S/C(=C\c2ccccc2Oc2ccc([N+](=O)[O-])cc2[N+](=O)[O-])C1=O)Nc1ccccc1. The molecule has 1 fully saturated rings. The van der Waals surface area contributed by atoms with Gasteiger partial charge in [-0.15, -0.1) is 0 Å². The predicted molar refractivity (Wildman–Crippen MR) is 134 cm³/mol. The number of non-ortho nitro benzene ring substituents is 1. The highest BCUT2D eigenvalue weighted by Crippen LogP contribution is 2.38. The van der Waals surface area contributed by atoms with Gasteiger partial charge in [0, 0.05) is 17.3 Å². The fourth-order valence-electron chi connectivity index (χ4n) is 3.30. The summed E-state index contributed by atoms with van der Waals surface area (Å²) in [6, 6.07) is 17.8. The Labute approximate surface area is 212 Å². The number of carbonyl (C=O) groups is 3. The molecular weight excluding hydrogens is 504 g/mol. The Balaban J connectivity index is 1.55. The van der Waals surface area contributed by atoms with Gasteiger partial charge in [0.25, 0.3) is 16.8 Å². The van der Waals surface area contributed by atoms with Gasteiger partial charge in [0.2, 0.25) is 11.7 Å². The van der Waals surface area contributed by atoms with Crippen LogP contribution < -0.4 is 10.1 Å². The molecular formula is C24H16N4O8S. The first-order valence-electron chi connectivity index (χ1n) is 10.5. The smallest absolute Gasteiger partial charge is 0.318 e. The molecule has 0 bridgehead atoms. The van der Waals surface area contributed by atoms with Crippen LogP contribution in [-0.4, -0.2) is 38.3 Å². The molecule has 0 radical (unpaired) electrons. The fraction of sp³-hybridized carbons (Fsp3) is 0.0417. The van der Waals surface area contributed by atoms with Crippen LogP contribution in [0, 0.1) is 20.2 Å². The molecule has 1 aliphatic rings. The van der Waals surface area contributed by atoms with E-state index < -0.39 is 44.8 Å². The average molecular weight is 520 g/mol. The Morgan fingerprint density at radius 2 is 1.65 bits per heavy atom. The van der Waals surface area contributed by atoms with E-state index in [0.29, 0.717) is 23.0 Å².